The molecule has 1 aromatic carbocycles. The largest absolute Gasteiger partial charge is 0.398 e. The maximum atomic E-state index is 12.8. The topological polar surface area (TPSA) is 63.4 Å². The number of sulfonamides is 1. The summed E-state index contributed by atoms with van der Waals surface area (Å²) in [7, 11) is -3.49. The Morgan fingerprint density at radius 3 is 2.00 bits per heavy atom. The molecule has 0 bridgehead atoms. The molecule has 0 spiro atoms. The quantitative estimate of drug-likeness (QED) is 0.787. The summed E-state index contributed by atoms with van der Waals surface area (Å²) in [5.41, 5.74) is 7.48. The van der Waals surface area contributed by atoms with Gasteiger partial charge in [0.25, 0.3) is 0 Å². The minimum atomic E-state index is -3.49. The zero-order valence-corrected chi connectivity index (χ0v) is 14.6. The van der Waals surface area contributed by atoms with Crippen LogP contribution in [0.5, 0.6) is 0 Å². The second kappa shape index (κ2) is 7.27. The fraction of sp³-hybridized carbons (Fsp3) is 0.625. The summed E-state index contributed by atoms with van der Waals surface area (Å²) in [6.45, 7) is 11.2. The van der Waals surface area contributed by atoms with Crippen LogP contribution in [0.4, 0.5) is 5.69 Å². The molecule has 0 aliphatic rings. The van der Waals surface area contributed by atoms with Crippen molar-refractivity contribution in [3.63, 3.8) is 0 Å². The van der Waals surface area contributed by atoms with Crippen molar-refractivity contribution in [1.82, 2.24) is 4.31 Å². The standard InChI is InChI=1S/C16H28N2O2S/c1-6-14-7-8-15(9-16(14)17)21(19,20)18(10-12(2)3)11-13(4)5/h7-9,12-13H,6,10-11,17H2,1-5H3. The number of anilines is 1. The summed E-state index contributed by atoms with van der Waals surface area (Å²) in [6, 6.07) is 5.06. The summed E-state index contributed by atoms with van der Waals surface area (Å²) in [5.74, 6) is 0.566. The van der Waals surface area contributed by atoms with Gasteiger partial charge in [-0.2, -0.15) is 4.31 Å². The predicted octanol–water partition coefficient (Wildman–Crippen LogP) is 3.13. The third-order valence-corrected chi connectivity index (χ3v) is 5.10. The Kier molecular flexibility index (Phi) is 6.23. The van der Waals surface area contributed by atoms with Gasteiger partial charge < -0.3 is 5.73 Å². The number of aryl methyl sites for hydroxylation is 1. The zero-order chi connectivity index (χ0) is 16.2. The van der Waals surface area contributed by atoms with Gasteiger partial charge in [-0.15, -0.1) is 0 Å². The molecule has 0 amide bonds. The van der Waals surface area contributed by atoms with E-state index in [4.69, 9.17) is 5.73 Å². The SMILES string of the molecule is CCc1ccc(S(=O)(=O)N(CC(C)C)CC(C)C)cc1N. The average molecular weight is 312 g/mol. The Labute approximate surface area is 129 Å². The Bertz CT molecular complexity index is 556. The second-order valence-electron chi connectivity index (χ2n) is 6.32. The lowest BCUT2D eigenvalue weighted by molar-refractivity contribution is 0.333. The van der Waals surface area contributed by atoms with E-state index in [9.17, 15) is 8.42 Å². The number of rotatable bonds is 7. The minimum Gasteiger partial charge on any atom is -0.398 e. The number of hydrogen-bond donors (Lipinski definition) is 1. The van der Waals surface area contributed by atoms with Gasteiger partial charge in [0.15, 0.2) is 0 Å². The second-order valence-corrected chi connectivity index (χ2v) is 8.26. The van der Waals surface area contributed by atoms with Crippen LogP contribution in [0.15, 0.2) is 23.1 Å². The van der Waals surface area contributed by atoms with Crippen LogP contribution in [-0.4, -0.2) is 25.8 Å². The maximum Gasteiger partial charge on any atom is 0.243 e. The van der Waals surface area contributed by atoms with Crippen LogP contribution in [0.2, 0.25) is 0 Å². The molecule has 120 valence electrons. The van der Waals surface area contributed by atoms with Gasteiger partial charge in [0.05, 0.1) is 4.90 Å². The number of nitrogens with zero attached hydrogens (tertiary/aromatic N) is 1. The molecule has 0 aromatic heterocycles. The molecule has 1 rings (SSSR count). The molecule has 0 atom stereocenters. The molecular weight excluding hydrogens is 284 g/mol. The van der Waals surface area contributed by atoms with Crippen LogP contribution in [-0.2, 0) is 16.4 Å². The number of benzene rings is 1. The molecule has 21 heavy (non-hydrogen) atoms. The molecule has 0 aliphatic heterocycles. The maximum absolute atomic E-state index is 12.8. The molecule has 1 aromatic rings. The highest BCUT2D eigenvalue weighted by molar-refractivity contribution is 7.89. The van der Waals surface area contributed by atoms with Crippen molar-refractivity contribution in [3.05, 3.63) is 23.8 Å². The highest BCUT2D eigenvalue weighted by Crippen LogP contribution is 2.23. The Balaban J connectivity index is 3.18. The van der Waals surface area contributed by atoms with E-state index in [1.54, 1.807) is 16.4 Å². The molecule has 0 saturated heterocycles. The van der Waals surface area contributed by atoms with Crippen LogP contribution < -0.4 is 5.73 Å². The first-order chi connectivity index (χ1) is 9.68. The lowest BCUT2D eigenvalue weighted by Crippen LogP contribution is -2.37. The molecule has 0 radical (unpaired) electrons. The van der Waals surface area contributed by atoms with Crippen molar-refractivity contribution in [2.24, 2.45) is 11.8 Å². The van der Waals surface area contributed by atoms with Crippen LogP contribution in [0.25, 0.3) is 0 Å². The first kappa shape index (κ1) is 18.0. The molecule has 0 unspecified atom stereocenters. The highest BCUT2D eigenvalue weighted by Gasteiger charge is 2.26. The number of nitrogens with two attached hydrogens (primary N) is 1. The fourth-order valence-electron chi connectivity index (χ4n) is 2.29. The van der Waals surface area contributed by atoms with Gasteiger partial charge in [0, 0.05) is 18.8 Å². The van der Waals surface area contributed by atoms with Crippen molar-refractivity contribution in [2.75, 3.05) is 18.8 Å². The number of nitrogen functional groups attached to an aromatic ring is 1. The first-order valence-electron chi connectivity index (χ1n) is 7.57. The van der Waals surface area contributed by atoms with Gasteiger partial charge in [0.2, 0.25) is 10.0 Å². The summed E-state index contributed by atoms with van der Waals surface area (Å²) >= 11 is 0. The molecular formula is C16H28N2O2S. The molecule has 5 heteroatoms. The van der Waals surface area contributed by atoms with E-state index >= 15 is 0 Å². The van der Waals surface area contributed by atoms with Crippen LogP contribution in [0.1, 0.15) is 40.2 Å². The van der Waals surface area contributed by atoms with Crippen molar-refractivity contribution < 1.29 is 8.42 Å². The molecule has 0 fully saturated rings. The van der Waals surface area contributed by atoms with Crippen molar-refractivity contribution in [2.45, 2.75) is 45.9 Å². The average Bonchev–Trinajstić information content (AvgIpc) is 2.36. The van der Waals surface area contributed by atoms with E-state index in [2.05, 4.69) is 0 Å². The molecule has 2 N–H and O–H groups in total. The molecule has 0 heterocycles. The summed E-state index contributed by atoms with van der Waals surface area (Å²) in [6.07, 6.45) is 0.799. The molecule has 0 aliphatic carbocycles. The Morgan fingerprint density at radius 2 is 1.62 bits per heavy atom. The van der Waals surface area contributed by atoms with Gasteiger partial charge in [-0.3, -0.25) is 0 Å². The van der Waals surface area contributed by atoms with Gasteiger partial charge in [-0.25, -0.2) is 8.42 Å². The van der Waals surface area contributed by atoms with E-state index in [0.29, 0.717) is 23.7 Å². The van der Waals surface area contributed by atoms with Gasteiger partial charge in [-0.1, -0.05) is 40.7 Å². The summed E-state index contributed by atoms with van der Waals surface area (Å²) in [4.78, 5) is 0.290. The van der Waals surface area contributed by atoms with Crippen LogP contribution in [0.3, 0.4) is 0 Å². The van der Waals surface area contributed by atoms with E-state index < -0.39 is 10.0 Å². The third kappa shape index (κ3) is 4.71. The number of hydrogen-bond acceptors (Lipinski definition) is 3. The minimum absolute atomic E-state index is 0.283. The van der Waals surface area contributed by atoms with Gasteiger partial charge in [0.1, 0.15) is 0 Å². The monoisotopic (exact) mass is 312 g/mol. The van der Waals surface area contributed by atoms with E-state index in [1.807, 2.05) is 40.7 Å². The Hall–Kier alpha value is -1.07. The summed E-state index contributed by atoms with van der Waals surface area (Å²) in [5, 5.41) is 0. The summed E-state index contributed by atoms with van der Waals surface area (Å²) < 4.78 is 27.2. The highest BCUT2D eigenvalue weighted by atomic mass is 32.2. The predicted molar refractivity (Wildman–Crippen MR) is 88.7 cm³/mol. The zero-order valence-electron chi connectivity index (χ0n) is 13.8. The Morgan fingerprint density at radius 1 is 1.10 bits per heavy atom. The normalized spacial score (nSPS) is 12.6. The van der Waals surface area contributed by atoms with E-state index in [0.717, 1.165) is 12.0 Å². The van der Waals surface area contributed by atoms with Gasteiger partial charge in [-0.05, 0) is 36.0 Å². The smallest absolute Gasteiger partial charge is 0.243 e. The first-order valence-corrected chi connectivity index (χ1v) is 9.01. The van der Waals surface area contributed by atoms with Crippen molar-refractivity contribution in [1.29, 1.82) is 0 Å². The van der Waals surface area contributed by atoms with Crippen molar-refractivity contribution in [3.8, 4) is 0 Å². The lowest BCUT2D eigenvalue weighted by atomic mass is 10.1. The van der Waals surface area contributed by atoms with Crippen molar-refractivity contribution >= 4 is 15.7 Å². The third-order valence-electron chi connectivity index (χ3n) is 3.27. The molecule has 0 saturated carbocycles. The fourth-order valence-corrected chi connectivity index (χ4v) is 4.09. The van der Waals surface area contributed by atoms with Gasteiger partial charge >= 0.3 is 0 Å². The van der Waals surface area contributed by atoms with Crippen LogP contribution >= 0.6 is 0 Å². The lowest BCUT2D eigenvalue weighted by Gasteiger charge is -2.26. The van der Waals surface area contributed by atoms with E-state index in [1.165, 1.54) is 0 Å². The van der Waals surface area contributed by atoms with E-state index in [-0.39, 0.29) is 11.8 Å². The molecule has 4 nitrogen and oxygen atoms in total. The van der Waals surface area contributed by atoms with Crippen LogP contribution in [0, 0.1) is 11.8 Å².